The molecule has 1 amide bonds. The van der Waals surface area contributed by atoms with Crippen molar-refractivity contribution in [3.05, 3.63) is 78.0 Å². The van der Waals surface area contributed by atoms with Gasteiger partial charge in [-0.3, -0.25) is 9.78 Å². The topological polar surface area (TPSA) is 97.2 Å². The molecule has 2 aromatic heterocycles. The Labute approximate surface area is 182 Å². The average Bonchev–Trinajstić information content (AvgIpc) is 3.25. The molecule has 9 heteroatoms. The van der Waals surface area contributed by atoms with Crippen LogP contribution < -0.4 is 5.32 Å². The van der Waals surface area contributed by atoms with E-state index in [0.29, 0.717) is 30.8 Å². The lowest BCUT2D eigenvalue weighted by atomic mass is 9.92. The van der Waals surface area contributed by atoms with Crippen molar-refractivity contribution in [2.45, 2.75) is 30.3 Å². The lowest BCUT2D eigenvalue weighted by Gasteiger charge is -2.31. The van der Waals surface area contributed by atoms with Gasteiger partial charge in [0.1, 0.15) is 0 Å². The van der Waals surface area contributed by atoms with Gasteiger partial charge in [-0.25, -0.2) is 13.4 Å². The number of amides is 1. The highest BCUT2D eigenvalue weighted by Crippen LogP contribution is 2.30. The van der Waals surface area contributed by atoms with Crippen LogP contribution >= 0.6 is 0 Å². The Hall–Kier alpha value is -3.04. The van der Waals surface area contributed by atoms with Crippen molar-refractivity contribution in [1.29, 1.82) is 0 Å². The molecule has 0 radical (unpaired) electrons. The molecule has 1 aromatic carbocycles. The Bertz CT molecular complexity index is 1160. The first kappa shape index (κ1) is 21.2. The van der Waals surface area contributed by atoms with E-state index in [-0.39, 0.29) is 23.4 Å². The van der Waals surface area contributed by atoms with E-state index in [9.17, 15) is 13.2 Å². The molecule has 1 aliphatic heterocycles. The number of nitrogens with one attached hydrogen (secondary N) is 1. The maximum absolute atomic E-state index is 13.0. The van der Waals surface area contributed by atoms with Crippen LogP contribution in [0.5, 0.6) is 0 Å². The summed E-state index contributed by atoms with van der Waals surface area (Å²) in [4.78, 5) is 21.4. The number of benzene rings is 1. The standard InChI is InChI=1S/C22H25N5O3S/c1-26-15-20(25-16-26)31(29,30)27-12-6-9-18(14-27)21-19(10-5-11-23-21)22(28)24-13-17-7-3-2-4-8-17/h2-5,7-8,10-11,15-16,18H,6,9,12-14H2,1H3,(H,24,28). The highest BCUT2D eigenvalue weighted by Gasteiger charge is 2.34. The predicted molar refractivity (Wildman–Crippen MR) is 116 cm³/mol. The molecule has 1 aliphatic rings. The lowest BCUT2D eigenvalue weighted by Crippen LogP contribution is -2.40. The van der Waals surface area contributed by atoms with Gasteiger partial charge in [-0.05, 0) is 30.5 Å². The second kappa shape index (κ2) is 8.99. The van der Waals surface area contributed by atoms with Crippen LogP contribution in [0.15, 0.2) is 66.2 Å². The summed E-state index contributed by atoms with van der Waals surface area (Å²) in [7, 11) is -1.95. The highest BCUT2D eigenvalue weighted by atomic mass is 32.2. The van der Waals surface area contributed by atoms with Gasteiger partial charge in [0.15, 0.2) is 5.03 Å². The molecular formula is C22H25N5O3S. The molecule has 1 N–H and O–H groups in total. The summed E-state index contributed by atoms with van der Waals surface area (Å²) in [5.41, 5.74) is 2.13. The summed E-state index contributed by atoms with van der Waals surface area (Å²) < 4.78 is 29.1. The van der Waals surface area contributed by atoms with Crippen molar-refractivity contribution in [1.82, 2.24) is 24.2 Å². The van der Waals surface area contributed by atoms with Crippen molar-refractivity contribution in [3.63, 3.8) is 0 Å². The summed E-state index contributed by atoms with van der Waals surface area (Å²) in [6.45, 7) is 1.12. The summed E-state index contributed by atoms with van der Waals surface area (Å²) in [6, 6.07) is 13.2. The molecule has 3 heterocycles. The molecule has 1 saturated heterocycles. The van der Waals surface area contributed by atoms with E-state index in [1.54, 1.807) is 29.9 Å². The first-order valence-corrected chi connectivity index (χ1v) is 11.6. The van der Waals surface area contributed by atoms with Crippen molar-refractivity contribution in [2.24, 2.45) is 7.05 Å². The zero-order valence-corrected chi connectivity index (χ0v) is 18.1. The van der Waals surface area contributed by atoms with Gasteiger partial charge in [0, 0.05) is 45.0 Å². The molecule has 4 rings (SSSR count). The molecular weight excluding hydrogens is 414 g/mol. The van der Waals surface area contributed by atoms with E-state index in [0.717, 1.165) is 12.0 Å². The smallest absolute Gasteiger partial charge is 0.262 e. The van der Waals surface area contributed by atoms with Gasteiger partial charge in [0.05, 0.1) is 17.6 Å². The Kier molecular flexibility index (Phi) is 6.15. The molecule has 1 atom stereocenters. The maximum Gasteiger partial charge on any atom is 0.262 e. The Morgan fingerprint density at radius 2 is 1.97 bits per heavy atom. The van der Waals surface area contributed by atoms with Crippen LogP contribution in [0.4, 0.5) is 0 Å². The Morgan fingerprint density at radius 1 is 1.16 bits per heavy atom. The number of hydrogen-bond donors (Lipinski definition) is 1. The molecule has 162 valence electrons. The SMILES string of the molecule is Cn1cnc(S(=O)(=O)N2CCCC(c3ncccc3C(=O)NCc3ccccc3)C2)c1. The largest absolute Gasteiger partial charge is 0.348 e. The van der Waals surface area contributed by atoms with E-state index in [1.165, 1.54) is 16.8 Å². The van der Waals surface area contributed by atoms with Crippen molar-refractivity contribution in [2.75, 3.05) is 13.1 Å². The quantitative estimate of drug-likeness (QED) is 0.636. The fourth-order valence-corrected chi connectivity index (χ4v) is 5.34. The van der Waals surface area contributed by atoms with Gasteiger partial charge < -0.3 is 9.88 Å². The summed E-state index contributed by atoms with van der Waals surface area (Å²) in [6.07, 6.45) is 6.09. The van der Waals surface area contributed by atoms with Crippen LogP contribution in [-0.4, -0.2) is 46.3 Å². The normalized spacial score (nSPS) is 17.4. The molecule has 31 heavy (non-hydrogen) atoms. The third-order valence-electron chi connectivity index (χ3n) is 5.44. The van der Waals surface area contributed by atoms with Crippen molar-refractivity contribution in [3.8, 4) is 0 Å². The van der Waals surface area contributed by atoms with Gasteiger partial charge in [0.2, 0.25) is 0 Å². The number of rotatable bonds is 6. The van der Waals surface area contributed by atoms with Crippen LogP contribution in [0.3, 0.4) is 0 Å². The van der Waals surface area contributed by atoms with Gasteiger partial charge >= 0.3 is 0 Å². The van der Waals surface area contributed by atoms with E-state index >= 15 is 0 Å². The summed E-state index contributed by atoms with van der Waals surface area (Å²) in [5.74, 6) is -0.373. The van der Waals surface area contributed by atoms with Gasteiger partial charge in [-0.1, -0.05) is 30.3 Å². The molecule has 0 saturated carbocycles. The number of sulfonamides is 1. The molecule has 0 aliphatic carbocycles. The number of hydrogen-bond acceptors (Lipinski definition) is 5. The molecule has 0 bridgehead atoms. The fourth-order valence-electron chi connectivity index (χ4n) is 3.85. The highest BCUT2D eigenvalue weighted by molar-refractivity contribution is 7.89. The van der Waals surface area contributed by atoms with E-state index in [2.05, 4.69) is 15.3 Å². The number of piperidine rings is 1. The first-order chi connectivity index (χ1) is 14.9. The fraction of sp³-hybridized carbons (Fsp3) is 0.318. The van der Waals surface area contributed by atoms with Crippen molar-refractivity contribution >= 4 is 15.9 Å². The van der Waals surface area contributed by atoms with Gasteiger partial charge in [0.25, 0.3) is 15.9 Å². The number of aryl methyl sites for hydroxylation is 1. The molecule has 1 unspecified atom stereocenters. The second-order valence-corrected chi connectivity index (χ2v) is 9.57. The zero-order valence-electron chi connectivity index (χ0n) is 17.3. The third-order valence-corrected chi connectivity index (χ3v) is 7.19. The molecule has 3 aromatic rings. The molecule has 0 spiro atoms. The van der Waals surface area contributed by atoms with Crippen LogP contribution in [0.25, 0.3) is 0 Å². The second-order valence-electron chi connectivity index (χ2n) is 7.68. The van der Waals surface area contributed by atoms with Gasteiger partial charge in [-0.2, -0.15) is 4.31 Å². The maximum atomic E-state index is 13.0. The Morgan fingerprint density at radius 3 is 2.71 bits per heavy atom. The van der Waals surface area contributed by atoms with E-state index in [4.69, 9.17) is 0 Å². The summed E-state index contributed by atoms with van der Waals surface area (Å²) >= 11 is 0. The minimum absolute atomic E-state index is 0.0394. The zero-order chi connectivity index (χ0) is 21.8. The number of imidazole rings is 1. The minimum Gasteiger partial charge on any atom is -0.348 e. The lowest BCUT2D eigenvalue weighted by molar-refractivity contribution is 0.0948. The molecule has 8 nitrogen and oxygen atoms in total. The van der Waals surface area contributed by atoms with Crippen molar-refractivity contribution < 1.29 is 13.2 Å². The predicted octanol–water partition coefficient (Wildman–Crippen LogP) is 2.31. The average molecular weight is 440 g/mol. The van der Waals surface area contributed by atoms with E-state index < -0.39 is 10.0 Å². The summed E-state index contributed by atoms with van der Waals surface area (Å²) in [5, 5.41) is 2.98. The number of carbonyl (C=O) groups is 1. The number of aromatic nitrogens is 3. The number of carbonyl (C=O) groups excluding carboxylic acids is 1. The monoisotopic (exact) mass is 439 g/mol. The van der Waals surface area contributed by atoms with Crippen LogP contribution in [0.1, 0.15) is 40.4 Å². The minimum atomic E-state index is -3.69. The van der Waals surface area contributed by atoms with Crippen LogP contribution in [-0.2, 0) is 23.6 Å². The Balaban J connectivity index is 1.52. The third kappa shape index (κ3) is 4.67. The van der Waals surface area contributed by atoms with Crippen LogP contribution in [0, 0.1) is 0 Å². The van der Waals surface area contributed by atoms with Gasteiger partial charge in [-0.15, -0.1) is 0 Å². The molecule has 1 fully saturated rings. The van der Waals surface area contributed by atoms with E-state index in [1.807, 2.05) is 30.3 Å². The number of nitrogens with zero attached hydrogens (tertiary/aromatic N) is 4. The first-order valence-electron chi connectivity index (χ1n) is 10.2. The number of pyridine rings is 1. The van der Waals surface area contributed by atoms with Crippen LogP contribution in [0.2, 0.25) is 0 Å².